The van der Waals surface area contributed by atoms with Crippen molar-refractivity contribution in [1.82, 2.24) is 5.32 Å². The molecular formula is C15H19ClF3N3O2. The number of amides is 2. The fraction of sp³-hybridized carbons (Fsp3) is 0.467. The van der Waals surface area contributed by atoms with Gasteiger partial charge in [-0.25, -0.2) is 0 Å². The zero-order valence-electron chi connectivity index (χ0n) is 12.8. The molecule has 0 atom stereocenters. The second kappa shape index (κ2) is 7.85. The summed E-state index contributed by atoms with van der Waals surface area (Å²) in [6, 6.07) is 5.61. The molecule has 5 nitrogen and oxygen atoms in total. The highest BCUT2D eigenvalue weighted by Gasteiger charge is 2.37. The average molecular weight is 366 g/mol. The summed E-state index contributed by atoms with van der Waals surface area (Å²) in [6.45, 7) is -1.39. The topological polar surface area (TPSA) is 84.2 Å². The molecule has 24 heavy (non-hydrogen) atoms. The van der Waals surface area contributed by atoms with Gasteiger partial charge in [0, 0.05) is 11.3 Å². The van der Waals surface area contributed by atoms with Gasteiger partial charge in [0.25, 0.3) is 5.91 Å². The van der Waals surface area contributed by atoms with E-state index >= 15 is 0 Å². The lowest BCUT2D eigenvalue weighted by Crippen LogP contribution is -2.48. The van der Waals surface area contributed by atoms with Crippen molar-refractivity contribution < 1.29 is 22.8 Å². The van der Waals surface area contributed by atoms with E-state index in [1.54, 1.807) is 5.32 Å². The van der Waals surface area contributed by atoms with Crippen LogP contribution in [0.5, 0.6) is 0 Å². The number of halogens is 4. The third-order valence-electron chi connectivity index (χ3n) is 3.80. The number of anilines is 1. The van der Waals surface area contributed by atoms with Crippen molar-refractivity contribution in [2.45, 2.75) is 37.4 Å². The SMILES string of the molecule is Cl.NC1(C(=O)Nc2ccc(C(=O)NCC(F)(F)F)cc2)CCCC1. The molecule has 134 valence electrons. The van der Waals surface area contributed by atoms with Crippen LogP contribution in [0.3, 0.4) is 0 Å². The summed E-state index contributed by atoms with van der Waals surface area (Å²) in [5.41, 5.74) is 5.68. The fourth-order valence-corrected chi connectivity index (χ4v) is 2.48. The molecule has 1 aromatic rings. The highest BCUT2D eigenvalue weighted by molar-refractivity contribution is 5.99. The van der Waals surface area contributed by atoms with Crippen LogP contribution in [-0.2, 0) is 4.79 Å². The van der Waals surface area contributed by atoms with Crippen molar-refractivity contribution in [1.29, 1.82) is 0 Å². The average Bonchev–Trinajstić information content (AvgIpc) is 2.93. The van der Waals surface area contributed by atoms with Crippen molar-refractivity contribution in [2.24, 2.45) is 5.73 Å². The van der Waals surface area contributed by atoms with E-state index in [9.17, 15) is 22.8 Å². The summed E-state index contributed by atoms with van der Waals surface area (Å²) in [6.07, 6.45) is -1.40. The molecule has 1 fully saturated rings. The molecule has 0 heterocycles. The Balaban J connectivity index is 0.00000288. The number of benzene rings is 1. The van der Waals surface area contributed by atoms with Crippen LogP contribution in [0.15, 0.2) is 24.3 Å². The van der Waals surface area contributed by atoms with Crippen LogP contribution in [0.1, 0.15) is 36.0 Å². The third kappa shape index (κ3) is 5.38. The van der Waals surface area contributed by atoms with E-state index in [0.29, 0.717) is 18.5 Å². The molecule has 1 saturated carbocycles. The standard InChI is InChI=1S/C15H18F3N3O2.ClH/c16-15(17,18)9-20-12(22)10-3-5-11(6-4-10)21-13(23)14(19)7-1-2-8-14;/h3-6H,1-2,7-9,19H2,(H,20,22)(H,21,23);1H. The van der Waals surface area contributed by atoms with Crippen LogP contribution in [0.4, 0.5) is 18.9 Å². The lowest BCUT2D eigenvalue weighted by atomic mass is 9.98. The molecule has 1 aliphatic rings. The van der Waals surface area contributed by atoms with Crippen LogP contribution in [0.2, 0.25) is 0 Å². The van der Waals surface area contributed by atoms with Gasteiger partial charge >= 0.3 is 6.18 Å². The Morgan fingerprint density at radius 2 is 1.67 bits per heavy atom. The van der Waals surface area contributed by atoms with Gasteiger partial charge in [-0.1, -0.05) is 12.8 Å². The molecule has 0 bridgehead atoms. The van der Waals surface area contributed by atoms with Gasteiger partial charge < -0.3 is 16.4 Å². The van der Waals surface area contributed by atoms with Gasteiger partial charge in [0.2, 0.25) is 5.91 Å². The predicted molar refractivity (Wildman–Crippen MR) is 86.1 cm³/mol. The van der Waals surface area contributed by atoms with Crippen molar-refractivity contribution in [3.8, 4) is 0 Å². The smallest absolute Gasteiger partial charge is 0.343 e. The van der Waals surface area contributed by atoms with Gasteiger partial charge in [-0.15, -0.1) is 12.4 Å². The fourth-order valence-electron chi connectivity index (χ4n) is 2.48. The highest BCUT2D eigenvalue weighted by Crippen LogP contribution is 2.28. The highest BCUT2D eigenvalue weighted by atomic mass is 35.5. The number of rotatable bonds is 4. The van der Waals surface area contributed by atoms with Crippen LogP contribution >= 0.6 is 12.4 Å². The van der Waals surface area contributed by atoms with Crippen molar-refractivity contribution in [3.63, 3.8) is 0 Å². The van der Waals surface area contributed by atoms with Gasteiger partial charge in [0.1, 0.15) is 6.54 Å². The minimum absolute atomic E-state index is 0. The number of carbonyl (C=O) groups is 2. The summed E-state index contributed by atoms with van der Waals surface area (Å²) < 4.78 is 36.1. The van der Waals surface area contributed by atoms with Gasteiger partial charge in [0.15, 0.2) is 0 Å². The number of nitrogens with two attached hydrogens (primary N) is 1. The van der Waals surface area contributed by atoms with E-state index in [2.05, 4.69) is 5.32 Å². The summed E-state index contributed by atoms with van der Waals surface area (Å²) in [5, 5.41) is 4.45. The molecule has 9 heteroatoms. The first-order chi connectivity index (χ1) is 10.7. The van der Waals surface area contributed by atoms with Crippen molar-refractivity contribution in [2.75, 3.05) is 11.9 Å². The van der Waals surface area contributed by atoms with E-state index in [1.165, 1.54) is 24.3 Å². The maximum absolute atomic E-state index is 12.1. The molecule has 1 aromatic carbocycles. The third-order valence-corrected chi connectivity index (χ3v) is 3.80. The van der Waals surface area contributed by atoms with Crippen LogP contribution < -0.4 is 16.4 Å². The lowest BCUT2D eigenvalue weighted by Gasteiger charge is -2.22. The Morgan fingerprint density at radius 1 is 1.12 bits per heavy atom. The number of alkyl halides is 3. The van der Waals surface area contributed by atoms with Gasteiger partial charge in [-0.05, 0) is 37.1 Å². The Hall–Kier alpha value is -1.80. The van der Waals surface area contributed by atoms with Crippen LogP contribution in [0.25, 0.3) is 0 Å². The first-order valence-corrected chi connectivity index (χ1v) is 7.25. The number of hydrogen-bond acceptors (Lipinski definition) is 3. The molecule has 1 aliphatic carbocycles. The Morgan fingerprint density at radius 3 is 2.17 bits per heavy atom. The lowest BCUT2D eigenvalue weighted by molar-refractivity contribution is -0.123. The van der Waals surface area contributed by atoms with Gasteiger partial charge in [-0.2, -0.15) is 13.2 Å². The molecule has 0 radical (unpaired) electrons. The maximum atomic E-state index is 12.1. The molecule has 2 rings (SSSR count). The Bertz CT molecular complexity index is 585. The monoisotopic (exact) mass is 365 g/mol. The van der Waals surface area contributed by atoms with Crippen molar-refractivity contribution >= 4 is 29.9 Å². The first kappa shape index (κ1) is 20.2. The molecule has 0 saturated heterocycles. The predicted octanol–water partition coefficient (Wildman–Crippen LogP) is 2.61. The summed E-state index contributed by atoms with van der Waals surface area (Å²) in [5.74, 6) is -1.12. The summed E-state index contributed by atoms with van der Waals surface area (Å²) in [4.78, 5) is 23.7. The molecule has 0 aromatic heterocycles. The Labute approximate surface area is 143 Å². The first-order valence-electron chi connectivity index (χ1n) is 7.25. The van der Waals surface area contributed by atoms with E-state index in [1.807, 2.05) is 0 Å². The zero-order valence-corrected chi connectivity index (χ0v) is 13.6. The van der Waals surface area contributed by atoms with E-state index in [0.717, 1.165) is 12.8 Å². The van der Waals surface area contributed by atoms with E-state index < -0.39 is 24.2 Å². The second-order valence-corrected chi connectivity index (χ2v) is 5.69. The normalized spacial score (nSPS) is 16.2. The summed E-state index contributed by atoms with van der Waals surface area (Å²) >= 11 is 0. The second-order valence-electron chi connectivity index (χ2n) is 5.69. The molecular weight excluding hydrogens is 347 g/mol. The van der Waals surface area contributed by atoms with Crippen LogP contribution in [0, 0.1) is 0 Å². The van der Waals surface area contributed by atoms with Crippen LogP contribution in [-0.4, -0.2) is 30.1 Å². The molecule has 2 amide bonds. The number of nitrogens with one attached hydrogen (secondary N) is 2. The molecule has 4 N–H and O–H groups in total. The van der Waals surface area contributed by atoms with Gasteiger partial charge in [0.05, 0.1) is 5.54 Å². The summed E-state index contributed by atoms with van der Waals surface area (Å²) in [7, 11) is 0. The molecule has 0 unspecified atom stereocenters. The molecule has 0 spiro atoms. The zero-order chi connectivity index (χ0) is 17.1. The minimum atomic E-state index is -4.46. The minimum Gasteiger partial charge on any atom is -0.343 e. The van der Waals surface area contributed by atoms with E-state index in [-0.39, 0.29) is 23.9 Å². The van der Waals surface area contributed by atoms with E-state index in [4.69, 9.17) is 5.73 Å². The quantitative estimate of drug-likeness (QED) is 0.766. The number of hydrogen-bond donors (Lipinski definition) is 3. The van der Waals surface area contributed by atoms with Crippen molar-refractivity contribution in [3.05, 3.63) is 29.8 Å². The Kier molecular flexibility index (Phi) is 6.62. The number of carbonyl (C=O) groups excluding carboxylic acids is 2. The largest absolute Gasteiger partial charge is 0.405 e. The van der Waals surface area contributed by atoms with Gasteiger partial charge in [-0.3, -0.25) is 9.59 Å². The molecule has 0 aliphatic heterocycles. The maximum Gasteiger partial charge on any atom is 0.405 e.